The largest absolute Gasteiger partial charge is 0.493 e. The van der Waals surface area contributed by atoms with Crippen molar-refractivity contribution in [3.05, 3.63) is 65.7 Å². The number of hydrogen-bond acceptors (Lipinski definition) is 5. The van der Waals surface area contributed by atoms with Gasteiger partial charge in [-0.3, -0.25) is 0 Å². The summed E-state index contributed by atoms with van der Waals surface area (Å²) in [7, 11) is 1.01. The molecule has 198 valence electrons. The van der Waals surface area contributed by atoms with Crippen LogP contribution in [0.25, 0.3) is 6.08 Å². The van der Waals surface area contributed by atoms with Gasteiger partial charge in [0, 0.05) is 0 Å². The molecule has 0 saturated heterocycles. The van der Waals surface area contributed by atoms with Gasteiger partial charge < -0.3 is 24.0 Å². The van der Waals surface area contributed by atoms with E-state index in [4.69, 9.17) is 18.6 Å². The van der Waals surface area contributed by atoms with E-state index in [0.717, 1.165) is 11.1 Å². The van der Waals surface area contributed by atoms with Crippen LogP contribution in [0, 0.1) is 0 Å². The van der Waals surface area contributed by atoms with Gasteiger partial charge in [-0.2, -0.15) is 0 Å². The zero-order valence-corrected chi connectivity index (χ0v) is 24.5. The average molecular weight is 514 g/mol. The number of alkyl carbamates (subject to hydrolysis) is 1. The van der Waals surface area contributed by atoms with Crippen molar-refractivity contribution in [2.75, 3.05) is 14.2 Å². The maximum atomic E-state index is 12.9. The van der Waals surface area contributed by atoms with Crippen molar-refractivity contribution in [2.24, 2.45) is 0 Å². The van der Waals surface area contributed by atoms with Gasteiger partial charge in [0.1, 0.15) is 5.60 Å². The molecule has 1 N–H and O–H groups in total. The van der Waals surface area contributed by atoms with E-state index in [1.165, 1.54) is 0 Å². The second-order valence-corrected chi connectivity index (χ2v) is 16.1. The Hall–Kier alpha value is -2.77. The third-order valence-corrected chi connectivity index (χ3v) is 10.7. The minimum absolute atomic E-state index is 0.0104. The first-order chi connectivity index (χ1) is 16.7. The van der Waals surface area contributed by atoms with Gasteiger partial charge in [-0.05, 0) is 62.2 Å². The molecule has 6 nitrogen and oxygen atoms in total. The highest BCUT2D eigenvalue weighted by molar-refractivity contribution is 6.74. The van der Waals surface area contributed by atoms with Crippen LogP contribution in [0.1, 0.15) is 58.8 Å². The Morgan fingerprint density at radius 1 is 0.917 bits per heavy atom. The molecule has 0 fully saturated rings. The molecule has 2 rings (SSSR count). The van der Waals surface area contributed by atoms with Gasteiger partial charge in [0.05, 0.1) is 26.4 Å². The van der Waals surface area contributed by atoms with Crippen molar-refractivity contribution in [2.45, 2.75) is 77.4 Å². The summed E-state index contributed by atoms with van der Waals surface area (Å²) in [4.78, 5) is 12.9. The van der Waals surface area contributed by atoms with Crippen molar-refractivity contribution in [1.82, 2.24) is 5.32 Å². The first-order valence-corrected chi connectivity index (χ1v) is 15.2. The van der Waals surface area contributed by atoms with Gasteiger partial charge in [-0.25, -0.2) is 4.79 Å². The molecule has 0 radical (unpaired) electrons. The van der Waals surface area contributed by atoms with E-state index in [2.05, 4.69) is 39.2 Å². The predicted molar refractivity (Wildman–Crippen MR) is 149 cm³/mol. The second kappa shape index (κ2) is 12.0. The number of carbonyl (C=O) groups is 1. The molecule has 0 aliphatic carbocycles. The van der Waals surface area contributed by atoms with Crippen LogP contribution in [0.5, 0.6) is 11.5 Å². The van der Waals surface area contributed by atoms with E-state index >= 15 is 0 Å². The molecular formula is C29H43NO5Si. The summed E-state index contributed by atoms with van der Waals surface area (Å²) < 4.78 is 23.3. The van der Waals surface area contributed by atoms with Crippen LogP contribution in [0.3, 0.4) is 0 Å². The van der Waals surface area contributed by atoms with Crippen molar-refractivity contribution < 1.29 is 23.4 Å². The smallest absolute Gasteiger partial charge is 0.408 e. The monoisotopic (exact) mass is 513 g/mol. The molecule has 0 aliphatic rings. The molecular weight excluding hydrogens is 470 g/mol. The molecule has 36 heavy (non-hydrogen) atoms. The number of hydrogen-bond donors (Lipinski definition) is 1. The summed E-state index contributed by atoms with van der Waals surface area (Å²) >= 11 is 0. The quantitative estimate of drug-likeness (QED) is 0.355. The van der Waals surface area contributed by atoms with Gasteiger partial charge in [0.15, 0.2) is 19.8 Å². The van der Waals surface area contributed by atoms with Crippen molar-refractivity contribution in [3.8, 4) is 11.5 Å². The Kier molecular flexibility index (Phi) is 9.80. The van der Waals surface area contributed by atoms with E-state index in [1.807, 2.05) is 81.5 Å². The molecule has 0 saturated carbocycles. The highest BCUT2D eigenvalue weighted by Crippen LogP contribution is 2.41. The maximum Gasteiger partial charge on any atom is 0.408 e. The Labute approximate surface area is 218 Å². The summed E-state index contributed by atoms with van der Waals surface area (Å²) in [6.07, 6.45) is 3.01. The van der Waals surface area contributed by atoms with Crippen LogP contribution < -0.4 is 14.8 Å². The van der Waals surface area contributed by atoms with Gasteiger partial charge in [0.2, 0.25) is 0 Å². The number of rotatable bonds is 9. The number of carbonyl (C=O) groups excluding carboxylic acids is 1. The van der Waals surface area contributed by atoms with Gasteiger partial charge in [-0.1, -0.05) is 69.3 Å². The van der Waals surface area contributed by atoms with Crippen LogP contribution in [0.4, 0.5) is 4.79 Å². The van der Waals surface area contributed by atoms with Crippen LogP contribution in [-0.2, 0) is 9.16 Å². The third-order valence-electron chi connectivity index (χ3n) is 6.27. The lowest BCUT2D eigenvalue weighted by Crippen LogP contribution is -2.48. The van der Waals surface area contributed by atoms with Gasteiger partial charge in [-0.15, -0.1) is 0 Å². The average Bonchev–Trinajstić information content (AvgIpc) is 2.78. The Morgan fingerprint density at radius 2 is 1.53 bits per heavy atom. The third kappa shape index (κ3) is 8.42. The fraction of sp³-hybridized carbons (Fsp3) is 0.483. The highest BCUT2D eigenvalue weighted by atomic mass is 28.4. The molecule has 0 bridgehead atoms. The molecule has 0 spiro atoms. The number of nitrogens with one attached hydrogen (secondary N) is 1. The molecule has 7 heteroatoms. The Morgan fingerprint density at radius 3 is 2.06 bits per heavy atom. The fourth-order valence-corrected chi connectivity index (χ4v) is 4.60. The first kappa shape index (κ1) is 29.5. The summed E-state index contributed by atoms with van der Waals surface area (Å²) in [5.41, 5.74) is 1.27. The Bertz CT molecular complexity index is 1020. The van der Waals surface area contributed by atoms with Crippen LogP contribution in [0.15, 0.2) is 54.6 Å². The zero-order chi connectivity index (χ0) is 27.1. The van der Waals surface area contributed by atoms with E-state index in [9.17, 15) is 4.79 Å². The van der Waals surface area contributed by atoms with Crippen molar-refractivity contribution >= 4 is 20.5 Å². The number of amides is 1. The van der Waals surface area contributed by atoms with Gasteiger partial charge in [0.25, 0.3) is 0 Å². The molecule has 2 aromatic carbocycles. The van der Waals surface area contributed by atoms with Crippen LogP contribution in [0.2, 0.25) is 18.1 Å². The SMILES string of the molecule is COc1ccc(/C=C/[C@@H](NC(=O)OC(C)(C)C)[C@H](O[Si](C)(C)C(C)(C)C)c2ccccc2)cc1OC. The second-order valence-electron chi connectivity index (χ2n) is 11.4. The highest BCUT2D eigenvalue weighted by Gasteiger charge is 2.41. The van der Waals surface area contributed by atoms with Crippen LogP contribution in [-0.4, -0.2) is 40.3 Å². The summed E-state index contributed by atoms with van der Waals surface area (Å²) in [6.45, 7) is 16.6. The number of ether oxygens (including phenoxy) is 3. The van der Waals surface area contributed by atoms with Crippen molar-refractivity contribution in [1.29, 1.82) is 0 Å². The van der Waals surface area contributed by atoms with E-state index < -0.39 is 32.2 Å². The molecule has 2 aromatic rings. The maximum absolute atomic E-state index is 12.9. The lowest BCUT2D eigenvalue weighted by atomic mass is 10.0. The van der Waals surface area contributed by atoms with Crippen molar-refractivity contribution in [3.63, 3.8) is 0 Å². The summed E-state index contributed by atoms with van der Waals surface area (Å²) in [6, 6.07) is 15.2. The summed E-state index contributed by atoms with van der Waals surface area (Å²) in [5, 5.41) is 3.05. The normalized spacial score (nSPS) is 14.3. The summed E-state index contributed by atoms with van der Waals surface area (Å²) in [5.74, 6) is 1.29. The van der Waals surface area contributed by atoms with E-state index in [1.54, 1.807) is 14.2 Å². The molecule has 0 unspecified atom stereocenters. The van der Waals surface area contributed by atoms with E-state index in [-0.39, 0.29) is 5.04 Å². The molecule has 2 atom stereocenters. The standard InChI is InChI=1S/C29H43NO5Si/c1-28(2,3)34-27(31)30-23(18-16-21-17-19-24(32-7)25(20-21)33-8)26(22-14-12-11-13-15-22)35-36(9,10)29(4,5)6/h11-20,23,26H,1-10H3,(H,30,31)/b18-16+/t23-,26-/m1/s1. The molecule has 0 aliphatic heterocycles. The fourth-order valence-electron chi connectivity index (χ4n) is 3.33. The minimum atomic E-state index is -2.21. The minimum Gasteiger partial charge on any atom is -0.493 e. The van der Waals surface area contributed by atoms with Crippen LogP contribution >= 0.6 is 0 Å². The molecule has 1 amide bonds. The lowest BCUT2D eigenvalue weighted by molar-refractivity contribution is 0.0462. The zero-order valence-electron chi connectivity index (χ0n) is 23.5. The first-order valence-electron chi connectivity index (χ1n) is 12.3. The number of methoxy groups -OCH3 is 2. The van der Waals surface area contributed by atoms with Gasteiger partial charge >= 0.3 is 6.09 Å². The molecule has 0 heterocycles. The Balaban J connectivity index is 2.53. The van der Waals surface area contributed by atoms with E-state index in [0.29, 0.717) is 11.5 Å². The lowest BCUT2D eigenvalue weighted by Gasteiger charge is -2.41. The molecule has 0 aromatic heterocycles. The predicted octanol–water partition coefficient (Wildman–Crippen LogP) is 7.37. The number of benzene rings is 2. The topological polar surface area (TPSA) is 66.0 Å².